The van der Waals surface area contributed by atoms with Crippen LogP contribution in [0.25, 0.3) is 0 Å². The number of benzene rings is 2. The summed E-state index contributed by atoms with van der Waals surface area (Å²) in [5, 5.41) is 47.1. The lowest BCUT2D eigenvalue weighted by Gasteiger charge is -2.32. The van der Waals surface area contributed by atoms with Crippen molar-refractivity contribution < 1.29 is 63.0 Å². The lowest BCUT2D eigenvalue weighted by molar-refractivity contribution is -0.145. The summed E-state index contributed by atoms with van der Waals surface area (Å²) in [5.41, 5.74) is 40.7. The first-order valence-electron chi connectivity index (χ1n) is 34.7. The number of guanidine groups is 3. The lowest BCUT2D eigenvalue weighted by atomic mass is 9.96. The first kappa shape index (κ1) is 83.6. The van der Waals surface area contributed by atoms with E-state index < -0.39 is 138 Å². The number of aliphatic carboxylic acids is 1. The monoisotopic (exact) mass is 1420 g/mol. The van der Waals surface area contributed by atoms with Gasteiger partial charge in [-0.15, -0.1) is 0 Å². The Hall–Kier alpha value is -9.86. The van der Waals surface area contributed by atoms with Crippen molar-refractivity contribution >= 4 is 82.9 Å². The third kappa shape index (κ3) is 31.9. The van der Waals surface area contributed by atoms with Gasteiger partial charge in [-0.1, -0.05) is 76.6 Å². The predicted molar refractivity (Wildman–Crippen MR) is 380 cm³/mol. The highest BCUT2D eigenvalue weighted by Crippen LogP contribution is 2.28. The number of rotatable bonds is 47. The van der Waals surface area contributed by atoms with E-state index in [0.717, 1.165) is 18.4 Å². The van der Waals surface area contributed by atoms with Crippen LogP contribution >= 0.6 is 0 Å². The molecule has 34 heteroatoms. The summed E-state index contributed by atoms with van der Waals surface area (Å²) in [4.78, 5) is 167. The fraction of sp³-hybridized carbons (Fsp3) is 0.612. The molecular formula is C67H109N21O13. The molecule has 2 aromatic rings. The maximum Gasteiger partial charge on any atom is 0.326 e. The zero-order valence-corrected chi connectivity index (χ0v) is 58.5. The minimum absolute atomic E-state index is 0.000229. The van der Waals surface area contributed by atoms with E-state index in [0.29, 0.717) is 50.3 Å². The van der Waals surface area contributed by atoms with Crippen LogP contribution in [0.2, 0.25) is 0 Å². The van der Waals surface area contributed by atoms with Gasteiger partial charge in [0.1, 0.15) is 54.1 Å². The number of nitrogens with one attached hydrogen (secondary N) is 10. The Morgan fingerprint density at radius 1 is 0.535 bits per heavy atom. The van der Waals surface area contributed by atoms with E-state index in [1.165, 1.54) is 17.0 Å². The second-order valence-electron chi connectivity index (χ2n) is 26.0. The molecule has 2 aromatic carbocycles. The summed E-state index contributed by atoms with van der Waals surface area (Å²) in [7, 11) is 0. The van der Waals surface area contributed by atoms with Crippen molar-refractivity contribution in [1.29, 1.82) is 0 Å². The van der Waals surface area contributed by atoms with Crippen LogP contribution in [0.3, 0.4) is 0 Å². The SMILES string of the molecule is CC[C@H](C)[C@H](NC(=O)[C@H](CCCN=C(N)N)NC(=O)[C@H](CCCN=C(N)N)NC(=O)[C@H](CC(C)C)NC(=O)[C@H](Cc1ccccc1)NC(=O)CNC(=O)CNC(=O)[C@H](Cc1ccc(O)cc1)NCC1CC1)C(=O)N[C@@H](CCCN=C(N)N)C(=O)N1CCC[C@@H]1C(=O)N[C@@H](CCCCN)C(=O)O. The molecule has 0 radical (unpaired) electrons. The number of carbonyl (C=O) groups is 11. The molecule has 34 nitrogen and oxygen atoms in total. The van der Waals surface area contributed by atoms with E-state index in [2.05, 4.69) is 68.1 Å². The van der Waals surface area contributed by atoms with Gasteiger partial charge in [-0.2, -0.15) is 0 Å². The van der Waals surface area contributed by atoms with Gasteiger partial charge < -0.3 is 108 Å². The number of carboxylic acid groups (broad SMARTS) is 1. The number of likely N-dealkylation sites (tertiary alicyclic amines) is 1. The van der Waals surface area contributed by atoms with Crippen LogP contribution < -0.4 is 93.3 Å². The molecule has 560 valence electrons. The predicted octanol–water partition coefficient (Wildman–Crippen LogP) is -3.37. The molecule has 0 spiro atoms. The van der Waals surface area contributed by atoms with E-state index in [1.54, 1.807) is 70.2 Å². The standard InChI is InChI=1S/C67H109N21O13/c1-5-40(4)55(62(98)84-47(20-13-31-77-67(73)74)63(99)88-32-14-21-52(88)61(97)85-48(64(100)101)17-9-10-28-68)87-58(94)46(19-12-30-76-66(71)72)82-57(93)45(18-11-29-75-65(69)70)83-59(95)50(33-39(2)3)86-60(96)51(35-41-15-7-6-8-16-41)81-54(91)38-79-53(90)37-80-56(92)49(78-36-43-22-23-43)34-42-24-26-44(89)27-25-42/h6-8,15-16,24-27,39-40,43,45-52,55,78,89H,5,9-14,17-23,28-38,68H2,1-4H3,(H,79,90)(H,80,92)(H,81,91)(H,82,93)(H,83,95)(H,84,98)(H,85,97)(H,86,96)(H,87,94)(H,100,101)(H4,69,70,75)(H4,71,72,76)(H4,73,74,77)/t40-,45-,46-,47-,48-,49-,50-,51-,52+,55-/m0/s1. The van der Waals surface area contributed by atoms with E-state index >= 15 is 0 Å². The Morgan fingerprint density at radius 3 is 1.58 bits per heavy atom. The Morgan fingerprint density at radius 2 is 1.04 bits per heavy atom. The smallest absolute Gasteiger partial charge is 0.326 e. The second-order valence-corrected chi connectivity index (χ2v) is 26.0. The van der Waals surface area contributed by atoms with Gasteiger partial charge in [-0.3, -0.25) is 62.9 Å². The van der Waals surface area contributed by atoms with Crippen LogP contribution in [0, 0.1) is 17.8 Å². The molecule has 1 aliphatic heterocycles. The highest BCUT2D eigenvalue weighted by molar-refractivity contribution is 5.99. The summed E-state index contributed by atoms with van der Waals surface area (Å²) in [6, 6.07) is 3.91. The lowest BCUT2D eigenvalue weighted by Crippen LogP contribution is -2.61. The quantitative estimate of drug-likeness (QED) is 0.0175. The molecule has 26 N–H and O–H groups in total. The number of unbranched alkanes of at least 4 members (excludes halogenated alkanes) is 1. The first-order valence-corrected chi connectivity index (χ1v) is 34.7. The molecule has 0 bridgehead atoms. The third-order valence-electron chi connectivity index (χ3n) is 17.1. The highest BCUT2D eigenvalue weighted by atomic mass is 16.4. The van der Waals surface area contributed by atoms with Crippen molar-refractivity contribution in [1.82, 2.24) is 58.1 Å². The molecule has 0 aromatic heterocycles. The fourth-order valence-electron chi connectivity index (χ4n) is 11.2. The van der Waals surface area contributed by atoms with Crippen molar-refractivity contribution in [2.75, 3.05) is 52.4 Å². The Labute approximate surface area is 589 Å². The maximum atomic E-state index is 14.8. The summed E-state index contributed by atoms with van der Waals surface area (Å²) in [6.07, 6.45) is 4.41. The van der Waals surface area contributed by atoms with Crippen molar-refractivity contribution in [3.05, 3.63) is 65.7 Å². The van der Waals surface area contributed by atoms with Gasteiger partial charge >= 0.3 is 5.97 Å². The number of phenolic OH excluding ortho intramolecular Hbond substituents is 1. The minimum atomic E-state index is -1.44. The number of amides is 10. The highest BCUT2D eigenvalue weighted by Gasteiger charge is 2.41. The molecule has 1 saturated carbocycles. The zero-order valence-electron chi connectivity index (χ0n) is 58.5. The summed E-state index contributed by atoms with van der Waals surface area (Å²) in [5.74, 6) is -9.70. The van der Waals surface area contributed by atoms with Gasteiger partial charge in [0.15, 0.2) is 17.9 Å². The number of phenols is 1. The van der Waals surface area contributed by atoms with Crippen LogP contribution in [0.4, 0.5) is 0 Å². The van der Waals surface area contributed by atoms with Crippen molar-refractivity contribution in [2.45, 2.75) is 191 Å². The van der Waals surface area contributed by atoms with Gasteiger partial charge in [-0.05, 0) is 150 Å². The number of hydrogen-bond donors (Lipinski definition) is 19. The van der Waals surface area contributed by atoms with E-state index in [4.69, 9.17) is 40.1 Å². The summed E-state index contributed by atoms with van der Waals surface area (Å²) < 4.78 is 0. The number of nitrogens with two attached hydrogens (primary N) is 7. The fourth-order valence-corrected chi connectivity index (χ4v) is 11.2. The molecule has 1 saturated heterocycles. The normalized spacial score (nSPS) is 15.9. The van der Waals surface area contributed by atoms with Gasteiger partial charge in [0, 0.05) is 32.6 Å². The van der Waals surface area contributed by atoms with Crippen LogP contribution in [0.15, 0.2) is 69.6 Å². The van der Waals surface area contributed by atoms with Crippen molar-refractivity contribution in [2.24, 2.45) is 72.9 Å². The molecule has 0 unspecified atom stereocenters. The molecule has 2 aliphatic rings. The van der Waals surface area contributed by atoms with Crippen LogP contribution in [0.1, 0.15) is 135 Å². The Balaban J connectivity index is 1.57. The third-order valence-corrected chi connectivity index (χ3v) is 17.1. The second kappa shape index (κ2) is 44.3. The maximum absolute atomic E-state index is 14.8. The van der Waals surface area contributed by atoms with Crippen LogP contribution in [-0.2, 0) is 65.6 Å². The van der Waals surface area contributed by atoms with E-state index in [1.807, 2.05) is 0 Å². The van der Waals surface area contributed by atoms with Gasteiger partial charge in [-0.25, -0.2) is 4.79 Å². The number of carbonyl (C=O) groups excluding carboxylic acids is 10. The Kier molecular flexibility index (Phi) is 36.7. The molecule has 10 amide bonds. The first-order chi connectivity index (χ1) is 48.1. The van der Waals surface area contributed by atoms with Crippen molar-refractivity contribution in [3.8, 4) is 5.75 Å². The van der Waals surface area contributed by atoms with Gasteiger partial charge in [0.2, 0.25) is 59.1 Å². The number of aliphatic imine (C=N–C) groups is 3. The number of aromatic hydroxyl groups is 1. The molecule has 1 aliphatic carbocycles. The molecule has 2 fully saturated rings. The number of carboxylic acids is 1. The average molecular weight is 1420 g/mol. The van der Waals surface area contributed by atoms with Crippen LogP contribution in [-0.4, -0.2) is 205 Å². The van der Waals surface area contributed by atoms with Crippen molar-refractivity contribution in [3.63, 3.8) is 0 Å². The van der Waals surface area contributed by atoms with E-state index in [9.17, 15) is 63.0 Å². The molecule has 10 atom stereocenters. The average Bonchev–Trinajstić information content (AvgIpc) is 1.51. The number of hydrogen-bond acceptors (Lipinski definition) is 17. The van der Waals surface area contributed by atoms with Gasteiger partial charge in [0.25, 0.3) is 0 Å². The zero-order chi connectivity index (χ0) is 74.6. The molecule has 101 heavy (non-hydrogen) atoms. The topological polar surface area (TPSA) is 571 Å². The summed E-state index contributed by atoms with van der Waals surface area (Å²) >= 11 is 0. The van der Waals surface area contributed by atoms with Gasteiger partial charge in [0.05, 0.1) is 19.1 Å². The molecule has 1 heterocycles. The number of nitrogens with zero attached hydrogens (tertiary/aromatic N) is 4. The summed E-state index contributed by atoms with van der Waals surface area (Å²) in [6.45, 7) is 7.07. The molecular weight excluding hydrogens is 1310 g/mol. The van der Waals surface area contributed by atoms with E-state index in [-0.39, 0.29) is 126 Å². The largest absolute Gasteiger partial charge is 0.508 e. The Bertz CT molecular complexity index is 3120. The molecule has 4 rings (SSSR count). The van der Waals surface area contributed by atoms with Crippen LogP contribution in [0.5, 0.6) is 5.75 Å². The minimum Gasteiger partial charge on any atom is -0.508 e.